The molecule has 2 saturated carbocycles. The van der Waals surface area contributed by atoms with Crippen LogP contribution in [0.25, 0.3) is 27.8 Å². The molecule has 2 fully saturated rings. The molecular formula is C39H41F2N7O3. The molecule has 3 N–H and O–H groups in total. The van der Waals surface area contributed by atoms with Crippen molar-refractivity contribution in [2.75, 3.05) is 20.1 Å². The Morgan fingerprint density at radius 2 is 1.84 bits per heavy atom. The molecule has 51 heavy (non-hydrogen) atoms. The maximum atomic E-state index is 14.6. The van der Waals surface area contributed by atoms with Crippen molar-refractivity contribution in [2.45, 2.75) is 63.3 Å². The van der Waals surface area contributed by atoms with Gasteiger partial charge in [0.1, 0.15) is 23.6 Å². The van der Waals surface area contributed by atoms with E-state index in [1.165, 1.54) is 34.3 Å². The molecule has 1 atom stereocenters. The van der Waals surface area contributed by atoms with Gasteiger partial charge in [-0.25, -0.2) is 23.1 Å². The van der Waals surface area contributed by atoms with E-state index in [1.54, 1.807) is 29.2 Å². The molecule has 0 bridgehead atoms. The van der Waals surface area contributed by atoms with Crippen LogP contribution < -0.4 is 21.9 Å². The van der Waals surface area contributed by atoms with Crippen LogP contribution in [0.5, 0.6) is 5.75 Å². The van der Waals surface area contributed by atoms with Crippen molar-refractivity contribution < 1.29 is 13.9 Å². The Morgan fingerprint density at radius 1 is 1.02 bits per heavy atom. The molecule has 264 valence electrons. The largest absolute Gasteiger partial charge is 0.508 e. The number of rotatable bonds is 10. The number of nitrogens with zero attached hydrogens (tertiary/aromatic N) is 5. The number of aromatic hydroxyl groups is 1. The fourth-order valence-corrected chi connectivity index (χ4v) is 7.72. The summed E-state index contributed by atoms with van der Waals surface area (Å²) in [5.74, 6) is -0.0384. The number of nitrogens with one attached hydrogen (secondary N) is 2. The first-order valence-corrected chi connectivity index (χ1v) is 17.7. The van der Waals surface area contributed by atoms with Crippen LogP contribution in [0.3, 0.4) is 0 Å². The van der Waals surface area contributed by atoms with E-state index in [0.29, 0.717) is 31.6 Å². The summed E-state index contributed by atoms with van der Waals surface area (Å²) in [6, 6.07) is 13.8. The van der Waals surface area contributed by atoms with Crippen molar-refractivity contribution in [3.63, 3.8) is 0 Å². The minimum absolute atomic E-state index is 0.0440. The van der Waals surface area contributed by atoms with Crippen molar-refractivity contribution in [3.8, 4) is 22.6 Å². The number of hydrogen-bond acceptors (Lipinski definition) is 8. The molecule has 1 unspecified atom stereocenters. The first-order chi connectivity index (χ1) is 24.7. The highest BCUT2D eigenvalue weighted by Gasteiger charge is 2.29. The Bertz CT molecular complexity index is 2200. The molecule has 8 rings (SSSR count). The maximum absolute atomic E-state index is 14.6. The maximum Gasteiger partial charge on any atom is 0.337 e. The van der Waals surface area contributed by atoms with Gasteiger partial charge in [0, 0.05) is 49.8 Å². The van der Waals surface area contributed by atoms with Crippen LogP contribution in [0.2, 0.25) is 0 Å². The number of benzene rings is 2. The van der Waals surface area contributed by atoms with Gasteiger partial charge in [0.15, 0.2) is 5.65 Å². The first kappa shape index (κ1) is 33.1. The second-order valence-corrected chi connectivity index (χ2v) is 14.3. The van der Waals surface area contributed by atoms with Gasteiger partial charge >= 0.3 is 5.69 Å². The number of pyridine rings is 1. The molecule has 4 heterocycles. The minimum Gasteiger partial charge on any atom is -0.508 e. The third-order valence-electron chi connectivity index (χ3n) is 10.4. The van der Waals surface area contributed by atoms with Gasteiger partial charge < -0.3 is 25.5 Å². The van der Waals surface area contributed by atoms with E-state index in [0.717, 1.165) is 60.0 Å². The SMILES string of the molecule is CN(Cc1cc(O)ccc1-c1cccc(-n2c(=O)n(C3CCC(NCC4=CN5C=C(F)C=CC5N4)CC3)c(=O)c3cc(F)cnc32)c1)CC1CC1. The van der Waals surface area contributed by atoms with Gasteiger partial charge in [0.05, 0.1) is 17.3 Å². The quantitative estimate of drug-likeness (QED) is 0.202. The predicted molar refractivity (Wildman–Crippen MR) is 192 cm³/mol. The number of hydrogen-bond donors (Lipinski definition) is 3. The molecule has 0 spiro atoms. The minimum atomic E-state index is -0.651. The summed E-state index contributed by atoms with van der Waals surface area (Å²) in [5.41, 5.74) is 3.23. The lowest BCUT2D eigenvalue weighted by atomic mass is 9.91. The predicted octanol–water partition coefficient (Wildman–Crippen LogP) is 5.43. The Balaban J connectivity index is 1.07. The van der Waals surface area contributed by atoms with Gasteiger partial charge in [0.2, 0.25) is 0 Å². The van der Waals surface area contributed by atoms with E-state index in [4.69, 9.17) is 0 Å². The summed E-state index contributed by atoms with van der Waals surface area (Å²) in [6.45, 7) is 2.22. The summed E-state index contributed by atoms with van der Waals surface area (Å²) < 4.78 is 30.9. The summed E-state index contributed by atoms with van der Waals surface area (Å²) in [7, 11) is 2.08. The van der Waals surface area contributed by atoms with Crippen LogP contribution in [0, 0.1) is 11.7 Å². The summed E-state index contributed by atoms with van der Waals surface area (Å²) in [5, 5.41) is 17.3. The third kappa shape index (κ3) is 6.85. The molecule has 0 amide bonds. The van der Waals surface area contributed by atoms with Gasteiger partial charge in [-0.05, 0) is 111 Å². The van der Waals surface area contributed by atoms with Crippen molar-refractivity contribution in [1.29, 1.82) is 0 Å². The van der Waals surface area contributed by atoms with Crippen molar-refractivity contribution >= 4 is 11.0 Å². The fraction of sp³-hybridized carbons (Fsp3) is 0.359. The highest BCUT2D eigenvalue weighted by molar-refractivity contribution is 5.77. The molecule has 2 aromatic heterocycles. The molecule has 10 nitrogen and oxygen atoms in total. The number of aromatic nitrogens is 3. The highest BCUT2D eigenvalue weighted by Crippen LogP contribution is 2.33. The number of allylic oxidation sites excluding steroid dienone is 2. The third-order valence-corrected chi connectivity index (χ3v) is 10.4. The van der Waals surface area contributed by atoms with Gasteiger partial charge in [-0.15, -0.1) is 0 Å². The zero-order chi connectivity index (χ0) is 35.2. The van der Waals surface area contributed by atoms with E-state index in [2.05, 4.69) is 27.6 Å². The molecule has 2 aliphatic carbocycles. The van der Waals surface area contributed by atoms with E-state index in [-0.39, 0.29) is 40.9 Å². The van der Waals surface area contributed by atoms with Crippen LogP contribution in [0.15, 0.2) is 100 Å². The molecule has 0 saturated heterocycles. The van der Waals surface area contributed by atoms with Crippen LogP contribution in [-0.2, 0) is 6.54 Å². The summed E-state index contributed by atoms with van der Waals surface area (Å²) in [4.78, 5) is 36.6. The van der Waals surface area contributed by atoms with Crippen LogP contribution in [-0.4, -0.2) is 61.4 Å². The molecule has 12 heteroatoms. The zero-order valence-corrected chi connectivity index (χ0v) is 28.4. The Kier molecular flexibility index (Phi) is 8.81. The van der Waals surface area contributed by atoms with E-state index < -0.39 is 17.1 Å². The lowest BCUT2D eigenvalue weighted by molar-refractivity contribution is 0.283. The number of fused-ring (bicyclic) bond motifs is 2. The number of phenolic OH excluding ortho intramolecular Hbond substituents is 1. The van der Waals surface area contributed by atoms with E-state index in [1.807, 2.05) is 30.5 Å². The van der Waals surface area contributed by atoms with Gasteiger partial charge in [0.25, 0.3) is 5.56 Å². The molecule has 4 aliphatic rings. The average molecular weight is 694 g/mol. The van der Waals surface area contributed by atoms with Crippen molar-refractivity contribution in [2.24, 2.45) is 5.92 Å². The Labute approximate surface area is 294 Å². The normalized spacial score (nSPS) is 21.5. The van der Waals surface area contributed by atoms with Crippen LogP contribution >= 0.6 is 0 Å². The molecule has 2 aromatic carbocycles. The number of phenols is 1. The van der Waals surface area contributed by atoms with Crippen LogP contribution in [0.1, 0.15) is 50.1 Å². The smallest absolute Gasteiger partial charge is 0.337 e. The molecule has 4 aromatic rings. The lowest BCUT2D eigenvalue weighted by Gasteiger charge is -2.30. The van der Waals surface area contributed by atoms with E-state index >= 15 is 0 Å². The second-order valence-electron chi connectivity index (χ2n) is 14.3. The van der Waals surface area contributed by atoms with Crippen LogP contribution in [0.4, 0.5) is 8.78 Å². The molecule has 0 radical (unpaired) electrons. The average Bonchev–Trinajstić information content (AvgIpc) is 3.84. The second kappa shape index (κ2) is 13.6. The standard InChI is InChI=1S/C39H41F2N7O3/c1-45(20-24-5-6-24)21-26-16-33(49)12-13-34(26)25-3-2-4-32(15-25)47-37-35(17-28(41)18-43-37)38(50)48(39(47)51)31-10-8-29(9-11-31)42-19-30-23-46-22-27(40)7-14-36(46)44-30/h2-4,7,12-18,22-24,29,31,36,42,44,49H,5-6,8-11,19-21H2,1H3. The first-order valence-electron chi connectivity index (χ1n) is 17.7. The number of halogens is 2. The van der Waals surface area contributed by atoms with Gasteiger partial charge in [-0.3, -0.25) is 9.36 Å². The van der Waals surface area contributed by atoms with Crippen molar-refractivity contribution in [1.82, 2.24) is 34.6 Å². The zero-order valence-electron chi connectivity index (χ0n) is 28.4. The lowest BCUT2D eigenvalue weighted by Crippen LogP contribution is -2.45. The summed E-state index contributed by atoms with van der Waals surface area (Å²) >= 11 is 0. The highest BCUT2D eigenvalue weighted by atomic mass is 19.1. The monoisotopic (exact) mass is 693 g/mol. The van der Waals surface area contributed by atoms with Gasteiger partial charge in [-0.1, -0.05) is 18.2 Å². The van der Waals surface area contributed by atoms with E-state index in [9.17, 15) is 23.5 Å². The summed E-state index contributed by atoms with van der Waals surface area (Å²) in [6.07, 6.45) is 12.6. The fourth-order valence-electron chi connectivity index (χ4n) is 7.72. The molecular weight excluding hydrogens is 652 g/mol. The van der Waals surface area contributed by atoms with Gasteiger partial charge in [-0.2, -0.15) is 0 Å². The topological polar surface area (TPSA) is 108 Å². The molecule has 2 aliphatic heterocycles. The van der Waals surface area contributed by atoms with Crippen molar-refractivity contribution in [3.05, 3.63) is 123 Å². The Hall–Kier alpha value is -5.07. The Morgan fingerprint density at radius 3 is 2.65 bits per heavy atom.